The predicted molar refractivity (Wildman–Crippen MR) is 41.6 cm³/mol. The van der Waals surface area contributed by atoms with Gasteiger partial charge < -0.3 is 30.6 Å². The van der Waals surface area contributed by atoms with Gasteiger partial charge in [-0.05, 0) is 0 Å². The standard InChI is InChI=1S/C2H6Se.CH3NS2/c1-3-2;2-1(3)4/h1-2H3;(H3,2,3,4)/q+1;/p-1. The zero-order chi connectivity index (χ0) is 6.28. The quantitative estimate of drug-likeness (QED) is 0.352. The molecule has 2 N–H and O–H groups in total. The van der Waals surface area contributed by atoms with Crippen LogP contribution >= 0.6 is 12.2 Å². The van der Waals surface area contributed by atoms with Gasteiger partial charge in [0.1, 0.15) is 0 Å². The molecule has 0 aliphatic rings. The summed E-state index contributed by atoms with van der Waals surface area (Å²) in [5, 5.41) is 0. The van der Waals surface area contributed by atoms with E-state index in [1.807, 2.05) is 0 Å². The van der Waals surface area contributed by atoms with Gasteiger partial charge in [-0.1, -0.05) is 4.32 Å². The summed E-state index contributed by atoms with van der Waals surface area (Å²) < 4.78 is 0.0833. The monoisotopic (exact) mass is 202 g/mol. The fraction of sp³-hybridized carbons (Fsp3) is 0.667. The van der Waals surface area contributed by atoms with E-state index in [9.17, 15) is 0 Å². The molecule has 0 atom stereocenters. The van der Waals surface area contributed by atoms with Crippen molar-refractivity contribution in [3.8, 4) is 0 Å². The fourth-order valence-corrected chi connectivity index (χ4v) is 0. The van der Waals surface area contributed by atoms with Crippen molar-refractivity contribution in [2.45, 2.75) is 11.6 Å². The molecule has 0 unspecified atom stereocenters. The third-order valence-electron chi connectivity index (χ3n) is 0. The van der Waals surface area contributed by atoms with E-state index in [0.29, 0.717) is 0 Å². The summed E-state index contributed by atoms with van der Waals surface area (Å²) in [5.41, 5.74) is 4.66. The first-order valence-electron chi connectivity index (χ1n) is 1.51. The van der Waals surface area contributed by atoms with Gasteiger partial charge in [-0.3, -0.25) is 0 Å². The molecule has 0 saturated carbocycles. The zero-order valence-corrected chi connectivity index (χ0v) is 7.65. The Morgan fingerprint density at radius 2 is 1.71 bits per heavy atom. The van der Waals surface area contributed by atoms with Crippen LogP contribution in [-0.2, 0) is 12.6 Å². The molecule has 0 aromatic carbocycles. The number of hydrogen-bond acceptors (Lipinski definition) is 2. The van der Waals surface area contributed by atoms with Gasteiger partial charge >= 0.3 is 26.6 Å². The van der Waals surface area contributed by atoms with Crippen molar-refractivity contribution >= 4 is 44.1 Å². The second kappa shape index (κ2) is 9.80. The molecule has 0 spiro atoms. The zero-order valence-electron chi connectivity index (χ0n) is 4.30. The van der Waals surface area contributed by atoms with Crippen LogP contribution in [0.15, 0.2) is 0 Å². The van der Waals surface area contributed by atoms with Crippen molar-refractivity contribution < 1.29 is 0 Å². The molecular formula is C3H8NS2Se. The van der Waals surface area contributed by atoms with E-state index in [0.717, 1.165) is 15.0 Å². The summed E-state index contributed by atoms with van der Waals surface area (Å²) in [6.07, 6.45) is 0. The van der Waals surface area contributed by atoms with Crippen LogP contribution in [0.3, 0.4) is 0 Å². The molecule has 0 fully saturated rings. The van der Waals surface area contributed by atoms with Crippen LogP contribution in [0.2, 0.25) is 11.6 Å². The van der Waals surface area contributed by atoms with Gasteiger partial charge in [0.25, 0.3) is 0 Å². The molecule has 0 aromatic heterocycles. The third-order valence-corrected chi connectivity index (χ3v) is 0. The molecule has 1 nitrogen and oxygen atoms in total. The molecule has 0 aromatic rings. The van der Waals surface area contributed by atoms with Crippen molar-refractivity contribution in [2.75, 3.05) is 0 Å². The Bertz CT molecular complexity index is 44.2. The van der Waals surface area contributed by atoms with E-state index in [4.69, 9.17) is 0 Å². The molecule has 0 heterocycles. The molecule has 0 saturated heterocycles. The van der Waals surface area contributed by atoms with Crippen LogP contribution in [0, 0.1) is 0 Å². The van der Waals surface area contributed by atoms with Crippen LogP contribution in [0.1, 0.15) is 0 Å². The van der Waals surface area contributed by atoms with Crippen LogP contribution in [0.4, 0.5) is 0 Å². The second-order valence-corrected chi connectivity index (χ2v) is 3.58. The van der Waals surface area contributed by atoms with Gasteiger partial charge in [-0.2, -0.15) is 0 Å². The first kappa shape index (κ1) is 10.6. The third kappa shape index (κ3) is 359. The van der Waals surface area contributed by atoms with Crippen LogP contribution in [0.5, 0.6) is 0 Å². The summed E-state index contributed by atoms with van der Waals surface area (Å²) in [6, 6.07) is 0. The Labute approximate surface area is 61.6 Å². The maximum atomic E-state index is 4.66. The summed E-state index contributed by atoms with van der Waals surface area (Å²) in [6.45, 7) is 0. The summed E-state index contributed by atoms with van der Waals surface area (Å²) in [7, 11) is 0. The number of nitrogens with two attached hydrogens (primary N) is 1. The molecule has 0 aliphatic heterocycles. The first-order valence-corrected chi connectivity index (χ1v) is 5.76. The molecule has 7 heavy (non-hydrogen) atoms. The Hall–Kier alpha value is 0.629. The Balaban J connectivity index is 0. The van der Waals surface area contributed by atoms with Gasteiger partial charge in [0.2, 0.25) is 0 Å². The van der Waals surface area contributed by atoms with Gasteiger partial charge in [0, 0.05) is 0 Å². The predicted octanol–water partition coefficient (Wildman–Crippen LogP) is 0.564. The van der Waals surface area contributed by atoms with Crippen LogP contribution < -0.4 is 5.73 Å². The molecule has 0 bridgehead atoms. The molecule has 0 amide bonds. The smallest absolute Gasteiger partial charge is 0.0708 e. The van der Waals surface area contributed by atoms with Crippen molar-refractivity contribution in [2.24, 2.45) is 5.73 Å². The van der Waals surface area contributed by atoms with Gasteiger partial charge in [-0.25, -0.2) is 0 Å². The molecule has 4 heteroatoms. The summed E-state index contributed by atoms with van der Waals surface area (Å²) >= 11 is 9.13. The minimum atomic E-state index is 0.0833. The average Bonchev–Trinajstić information content (AvgIpc) is 1.33. The molecule has 43 valence electrons. The van der Waals surface area contributed by atoms with E-state index in [-0.39, 0.29) is 4.32 Å². The number of rotatable bonds is 0. The Kier molecular flexibility index (Phi) is 14.8. The van der Waals surface area contributed by atoms with E-state index >= 15 is 0 Å². The maximum Gasteiger partial charge on any atom is -0.0708 e. The molecule has 1 radical (unpaired) electrons. The average molecular weight is 201 g/mol. The van der Waals surface area contributed by atoms with Crippen molar-refractivity contribution in [3.63, 3.8) is 0 Å². The minimum Gasteiger partial charge on any atom is -0.415 e. The topological polar surface area (TPSA) is 26.0 Å². The molecule has 0 aliphatic carbocycles. The van der Waals surface area contributed by atoms with E-state index in [2.05, 4.69) is 42.2 Å². The Morgan fingerprint density at radius 3 is 1.71 bits per heavy atom. The maximum absolute atomic E-state index is 4.66. The first-order chi connectivity index (χ1) is 3.15. The second-order valence-electron chi connectivity index (χ2n) is 0.727. The fourth-order valence-electron chi connectivity index (χ4n) is 0. The number of thiocarbonyl (C=S) groups is 1. The summed E-state index contributed by atoms with van der Waals surface area (Å²) in [5.74, 6) is 4.38. The molecule has 0 rings (SSSR count). The normalized spacial score (nSPS) is 6.00. The van der Waals surface area contributed by atoms with E-state index < -0.39 is 0 Å². The van der Waals surface area contributed by atoms with Gasteiger partial charge in [0.15, 0.2) is 0 Å². The van der Waals surface area contributed by atoms with Crippen LogP contribution in [-0.4, -0.2) is 19.3 Å². The number of hydrogen-bond donors (Lipinski definition) is 1. The van der Waals surface area contributed by atoms with Crippen molar-refractivity contribution in [1.82, 2.24) is 0 Å². The van der Waals surface area contributed by atoms with Crippen molar-refractivity contribution in [1.29, 1.82) is 0 Å². The van der Waals surface area contributed by atoms with Gasteiger partial charge in [0.05, 0.1) is 0 Å². The van der Waals surface area contributed by atoms with Crippen molar-refractivity contribution in [3.05, 3.63) is 0 Å². The van der Waals surface area contributed by atoms with E-state index in [1.165, 1.54) is 0 Å². The largest absolute Gasteiger partial charge is 0.415 e. The molecular weight excluding hydrogens is 193 g/mol. The van der Waals surface area contributed by atoms with Crippen LogP contribution in [0.25, 0.3) is 0 Å². The Morgan fingerprint density at radius 1 is 1.71 bits per heavy atom. The summed E-state index contributed by atoms with van der Waals surface area (Å²) in [4.78, 5) is 0. The SMILES string of the molecule is C[Se+]C.NC(=S)[S-]. The van der Waals surface area contributed by atoms with Gasteiger partial charge in [-0.15, -0.1) is 0 Å². The minimum absolute atomic E-state index is 0.0833. The van der Waals surface area contributed by atoms with E-state index in [1.54, 1.807) is 0 Å².